The lowest BCUT2D eigenvalue weighted by atomic mass is 10.4. The first kappa shape index (κ1) is 12.9. The average molecular weight is 313 g/mol. The molecule has 20 heavy (non-hydrogen) atoms. The van der Waals surface area contributed by atoms with Gasteiger partial charge in [-0.05, 0) is 11.4 Å². The van der Waals surface area contributed by atoms with Crippen molar-refractivity contribution in [2.45, 2.75) is 6.54 Å². The van der Waals surface area contributed by atoms with Crippen LogP contribution < -0.4 is 11.2 Å². The predicted octanol–water partition coefficient (Wildman–Crippen LogP) is 1.38. The number of halogens is 2. The van der Waals surface area contributed by atoms with E-state index in [4.69, 9.17) is 11.6 Å². The van der Waals surface area contributed by atoms with Crippen molar-refractivity contribution in [3.63, 3.8) is 0 Å². The van der Waals surface area contributed by atoms with Gasteiger partial charge in [0.1, 0.15) is 9.98 Å². The number of aromatic amines is 1. The molecule has 0 amide bonds. The van der Waals surface area contributed by atoms with Crippen molar-refractivity contribution >= 4 is 33.2 Å². The van der Waals surface area contributed by atoms with Crippen LogP contribution in [0.2, 0.25) is 5.15 Å². The molecule has 3 rings (SSSR count). The smallest absolute Gasteiger partial charge is 0.290 e. The van der Waals surface area contributed by atoms with E-state index < -0.39 is 17.1 Å². The Labute approximate surface area is 119 Å². The molecule has 0 bridgehead atoms. The SMILES string of the molecule is O=c1[nH]c(=O)n(Cc2nc(Cl)c3ccsc3n2)cc1F. The van der Waals surface area contributed by atoms with E-state index in [9.17, 15) is 14.0 Å². The van der Waals surface area contributed by atoms with Crippen LogP contribution in [-0.2, 0) is 6.54 Å². The standard InChI is InChI=1S/C11H6ClFN4O2S/c12-8-5-1-2-20-10(5)15-7(14-8)4-17-3-6(13)9(18)16-11(17)19/h1-3H,4H2,(H,16,18,19). The van der Waals surface area contributed by atoms with E-state index in [1.54, 1.807) is 6.07 Å². The van der Waals surface area contributed by atoms with Gasteiger partial charge in [-0.15, -0.1) is 11.3 Å². The first-order valence-corrected chi connectivity index (χ1v) is 6.69. The summed E-state index contributed by atoms with van der Waals surface area (Å²) in [7, 11) is 0. The van der Waals surface area contributed by atoms with Crippen LogP contribution in [0.5, 0.6) is 0 Å². The first-order chi connectivity index (χ1) is 9.54. The van der Waals surface area contributed by atoms with Crippen molar-refractivity contribution in [2.24, 2.45) is 0 Å². The Morgan fingerprint density at radius 2 is 2.20 bits per heavy atom. The van der Waals surface area contributed by atoms with Crippen molar-refractivity contribution in [3.8, 4) is 0 Å². The third-order valence-corrected chi connectivity index (χ3v) is 3.70. The second-order valence-electron chi connectivity index (χ2n) is 3.93. The number of fused-ring (bicyclic) bond motifs is 1. The molecule has 9 heteroatoms. The summed E-state index contributed by atoms with van der Waals surface area (Å²) in [5.41, 5.74) is -1.79. The Bertz CT molecular complexity index is 917. The molecule has 102 valence electrons. The zero-order valence-corrected chi connectivity index (χ0v) is 11.3. The van der Waals surface area contributed by atoms with Crippen LogP contribution in [0.1, 0.15) is 5.82 Å². The van der Waals surface area contributed by atoms with Gasteiger partial charge in [-0.2, -0.15) is 4.39 Å². The van der Waals surface area contributed by atoms with Gasteiger partial charge in [0.15, 0.2) is 5.82 Å². The minimum absolute atomic E-state index is 0.0832. The number of thiophene rings is 1. The van der Waals surface area contributed by atoms with Gasteiger partial charge in [0.25, 0.3) is 5.56 Å². The van der Waals surface area contributed by atoms with E-state index in [0.717, 1.165) is 16.2 Å². The third kappa shape index (κ3) is 2.23. The largest absolute Gasteiger partial charge is 0.328 e. The molecule has 0 aliphatic carbocycles. The fourth-order valence-corrected chi connectivity index (χ4v) is 2.77. The summed E-state index contributed by atoms with van der Waals surface area (Å²) in [6.45, 7) is -0.0832. The van der Waals surface area contributed by atoms with E-state index >= 15 is 0 Å². The first-order valence-electron chi connectivity index (χ1n) is 5.43. The predicted molar refractivity (Wildman–Crippen MR) is 72.8 cm³/mol. The van der Waals surface area contributed by atoms with E-state index in [1.165, 1.54) is 11.3 Å². The van der Waals surface area contributed by atoms with Crippen LogP contribution in [0.15, 0.2) is 27.2 Å². The average Bonchev–Trinajstić information content (AvgIpc) is 2.85. The highest BCUT2D eigenvalue weighted by atomic mass is 35.5. The lowest BCUT2D eigenvalue weighted by Crippen LogP contribution is -2.32. The van der Waals surface area contributed by atoms with Crippen LogP contribution in [0.3, 0.4) is 0 Å². The molecule has 0 fully saturated rings. The molecule has 3 aromatic rings. The highest BCUT2D eigenvalue weighted by Gasteiger charge is 2.10. The number of hydrogen-bond donors (Lipinski definition) is 1. The molecule has 0 atom stereocenters. The summed E-state index contributed by atoms with van der Waals surface area (Å²) in [6.07, 6.45) is 0.817. The zero-order valence-electron chi connectivity index (χ0n) is 9.76. The number of nitrogens with one attached hydrogen (secondary N) is 1. The van der Waals surface area contributed by atoms with E-state index in [0.29, 0.717) is 4.83 Å². The molecule has 1 N–H and O–H groups in total. The van der Waals surface area contributed by atoms with Crippen LogP contribution in [0.4, 0.5) is 4.39 Å². The fourth-order valence-electron chi connectivity index (χ4n) is 1.68. The molecule has 0 aliphatic heterocycles. The molecule has 0 aliphatic rings. The topological polar surface area (TPSA) is 80.6 Å². The van der Waals surface area contributed by atoms with Gasteiger partial charge in [0.2, 0.25) is 5.82 Å². The Morgan fingerprint density at radius 1 is 1.40 bits per heavy atom. The van der Waals surface area contributed by atoms with Crippen LogP contribution >= 0.6 is 22.9 Å². The molecule has 3 aromatic heterocycles. The van der Waals surface area contributed by atoms with Crippen LogP contribution in [0.25, 0.3) is 10.2 Å². The second-order valence-corrected chi connectivity index (χ2v) is 5.19. The Kier molecular flexibility index (Phi) is 3.11. The molecule has 0 spiro atoms. The number of H-pyrrole nitrogens is 1. The van der Waals surface area contributed by atoms with Gasteiger partial charge in [-0.3, -0.25) is 14.3 Å². The lowest BCUT2D eigenvalue weighted by Gasteiger charge is -2.04. The number of hydrogen-bond acceptors (Lipinski definition) is 5. The van der Waals surface area contributed by atoms with E-state index in [2.05, 4.69) is 9.97 Å². The fraction of sp³-hybridized carbons (Fsp3) is 0.0909. The molecule has 0 saturated heterocycles. The summed E-state index contributed by atoms with van der Waals surface area (Å²) in [4.78, 5) is 33.3. The highest BCUT2D eigenvalue weighted by Crippen LogP contribution is 2.24. The zero-order chi connectivity index (χ0) is 14.3. The molecule has 0 unspecified atom stereocenters. The lowest BCUT2D eigenvalue weighted by molar-refractivity contribution is 0.561. The summed E-state index contributed by atoms with van der Waals surface area (Å²) in [6, 6.07) is 1.79. The van der Waals surface area contributed by atoms with Gasteiger partial charge >= 0.3 is 5.69 Å². The highest BCUT2D eigenvalue weighted by molar-refractivity contribution is 7.16. The van der Waals surface area contributed by atoms with Gasteiger partial charge < -0.3 is 0 Å². The Hall–Kier alpha value is -2.06. The Balaban J connectivity index is 2.07. The van der Waals surface area contributed by atoms with Crippen molar-refractivity contribution < 1.29 is 4.39 Å². The molecule has 0 saturated carbocycles. The van der Waals surface area contributed by atoms with E-state index in [1.807, 2.05) is 10.4 Å². The number of nitrogens with zero attached hydrogens (tertiary/aromatic N) is 3. The normalized spacial score (nSPS) is 11.1. The molecule has 6 nitrogen and oxygen atoms in total. The monoisotopic (exact) mass is 312 g/mol. The Morgan fingerprint density at radius 3 is 3.00 bits per heavy atom. The summed E-state index contributed by atoms with van der Waals surface area (Å²) >= 11 is 7.38. The van der Waals surface area contributed by atoms with Crippen molar-refractivity contribution in [2.75, 3.05) is 0 Å². The molecular formula is C11H6ClFN4O2S. The molecule has 0 aromatic carbocycles. The summed E-state index contributed by atoms with van der Waals surface area (Å²) in [5.74, 6) is -0.786. The molecular weight excluding hydrogens is 307 g/mol. The maximum atomic E-state index is 13.2. The van der Waals surface area contributed by atoms with Crippen molar-refractivity contribution in [1.29, 1.82) is 0 Å². The van der Waals surface area contributed by atoms with Crippen molar-refractivity contribution in [1.82, 2.24) is 19.5 Å². The van der Waals surface area contributed by atoms with Gasteiger partial charge in [-0.1, -0.05) is 11.6 Å². The van der Waals surface area contributed by atoms with E-state index in [-0.39, 0.29) is 17.5 Å². The quantitative estimate of drug-likeness (QED) is 0.725. The maximum absolute atomic E-state index is 13.2. The summed E-state index contributed by atoms with van der Waals surface area (Å²) < 4.78 is 14.2. The van der Waals surface area contributed by atoms with Gasteiger partial charge in [0, 0.05) is 5.39 Å². The minimum Gasteiger partial charge on any atom is -0.290 e. The van der Waals surface area contributed by atoms with Gasteiger partial charge in [0.05, 0.1) is 12.7 Å². The van der Waals surface area contributed by atoms with Crippen LogP contribution in [-0.4, -0.2) is 19.5 Å². The molecule has 3 heterocycles. The number of rotatable bonds is 2. The van der Waals surface area contributed by atoms with Gasteiger partial charge in [-0.25, -0.2) is 14.8 Å². The third-order valence-electron chi connectivity index (χ3n) is 2.60. The minimum atomic E-state index is -1.06. The van der Waals surface area contributed by atoms with Crippen molar-refractivity contribution in [3.05, 3.63) is 55.3 Å². The number of aromatic nitrogens is 4. The van der Waals surface area contributed by atoms with Crippen LogP contribution in [0, 0.1) is 5.82 Å². The summed E-state index contributed by atoms with van der Waals surface area (Å²) in [5, 5.41) is 2.81. The molecule has 0 radical (unpaired) electrons. The second kappa shape index (κ2) is 4.80. The maximum Gasteiger partial charge on any atom is 0.328 e.